The molecule has 2 saturated heterocycles. The first-order valence-corrected chi connectivity index (χ1v) is 10.5. The Kier molecular flexibility index (Phi) is 8.64. The number of hydrogen-bond donors (Lipinski definition) is 2. The number of nitrogens with zero attached hydrogens (tertiary/aromatic N) is 3. The van der Waals surface area contributed by atoms with E-state index in [2.05, 4.69) is 55.1 Å². The van der Waals surface area contributed by atoms with Crippen molar-refractivity contribution in [1.29, 1.82) is 0 Å². The molecule has 0 spiro atoms. The summed E-state index contributed by atoms with van der Waals surface area (Å²) in [6, 6.07) is 0.950. The molecule has 2 N–H and O–H groups in total. The van der Waals surface area contributed by atoms with E-state index >= 15 is 0 Å². The van der Waals surface area contributed by atoms with Gasteiger partial charge in [0.2, 0.25) is 0 Å². The number of rotatable bonds is 7. The molecule has 0 radical (unpaired) electrons. The van der Waals surface area contributed by atoms with Crippen molar-refractivity contribution in [2.75, 3.05) is 52.5 Å². The number of morpholine rings is 1. The number of aliphatic imine (C=N–C) groups is 1. The lowest BCUT2D eigenvalue weighted by atomic mass is 9.99. The minimum Gasteiger partial charge on any atom is -0.379 e. The molecule has 6 nitrogen and oxygen atoms in total. The molecule has 0 aliphatic carbocycles. The van der Waals surface area contributed by atoms with Crippen LogP contribution in [0.3, 0.4) is 0 Å². The fourth-order valence-electron chi connectivity index (χ4n) is 3.97. The predicted molar refractivity (Wildman–Crippen MR) is 110 cm³/mol. The largest absolute Gasteiger partial charge is 0.379 e. The molecule has 152 valence electrons. The van der Waals surface area contributed by atoms with Gasteiger partial charge in [0.05, 0.1) is 19.8 Å². The Morgan fingerprint density at radius 2 is 1.92 bits per heavy atom. The Morgan fingerprint density at radius 3 is 2.58 bits per heavy atom. The fourth-order valence-corrected chi connectivity index (χ4v) is 3.97. The van der Waals surface area contributed by atoms with E-state index < -0.39 is 0 Å². The summed E-state index contributed by atoms with van der Waals surface area (Å²) in [5.74, 6) is 0.936. The second kappa shape index (κ2) is 10.5. The molecule has 2 fully saturated rings. The highest BCUT2D eigenvalue weighted by Gasteiger charge is 2.28. The minimum absolute atomic E-state index is 0.118. The summed E-state index contributed by atoms with van der Waals surface area (Å²) < 4.78 is 5.56. The third-order valence-corrected chi connectivity index (χ3v) is 5.73. The first-order chi connectivity index (χ1) is 12.4. The van der Waals surface area contributed by atoms with E-state index in [1.807, 2.05) is 0 Å². The topological polar surface area (TPSA) is 52.1 Å². The molecule has 0 amide bonds. The standard InChI is InChI=1S/C20H41N5O/c1-6-21-19(22-14-17(2)25-12-13-26-15-18(25)3)23-16-20(4,5)24-10-8-7-9-11-24/h17-18H,6-16H2,1-5H3,(H2,21,22,23). The quantitative estimate of drug-likeness (QED) is 0.532. The highest BCUT2D eigenvalue weighted by atomic mass is 16.5. The molecule has 0 aromatic carbocycles. The van der Waals surface area contributed by atoms with Crippen LogP contribution in [-0.4, -0.2) is 85.9 Å². The number of hydrogen-bond acceptors (Lipinski definition) is 4. The summed E-state index contributed by atoms with van der Waals surface area (Å²) >= 11 is 0. The molecule has 26 heavy (non-hydrogen) atoms. The van der Waals surface area contributed by atoms with E-state index in [1.165, 1.54) is 32.4 Å². The maximum absolute atomic E-state index is 5.56. The van der Waals surface area contributed by atoms with E-state index in [-0.39, 0.29) is 5.54 Å². The lowest BCUT2D eigenvalue weighted by Gasteiger charge is -2.40. The lowest BCUT2D eigenvalue weighted by molar-refractivity contribution is -0.0174. The van der Waals surface area contributed by atoms with Crippen LogP contribution >= 0.6 is 0 Å². The number of guanidine groups is 1. The summed E-state index contributed by atoms with van der Waals surface area (Å²) in [5.41, 5.74) is 0.118. The van der Waals surface area contributed by atoms with Crippen LogP contribution in [0.25, 0.3) is 0 Å². The first-order valence-electron chi connectivity index (χ1n) is 10.5. The third kappa shape index (κ3) is 6.39. The van der Waals surface area contributed by atoms with Gasteiger partial charge in [0.25, 0.3) is 0 Å². The van der Waals surface area contributed by atoms with Crippen LogP contribution in [0.5, 0.6) is 0 Å². The zero-order valence-electron chi connectivity index (χ0n) is 17.7. The third-order valence-electron chi connectivity index (χ3n) is 5.73. The van der Waals surface area contributed by atoms with Crippen molar-refractivity contribution in [3.05, 3.63) is 0 Å². The molecule has 2 aliphatic rings. The molecule has 2 unspecified atom stereocenters. The maximum Gasteiger partial charge on any atom is 0.191 e. The van der Waals surface area contributed by atoms with E-state index in [0.717, 1.165) is 45.4 Å². The van der Waals surface area contributed by atoms with Gasteiger partial charge in [-0.2, -0.15) is 0 Å². The Bertz CT molecular complexity index is 434. The summed E-state index contributed by atoms with van der Waals surface area (Å²) in [4.78, 5) is 10.0. The van der Waals surface area contributed by atoms with E-state index in [1.54, 1.807) is 0 Å². The average Bonchev–Trinajstić information content (AvgIpc) is 2.65. The lowest BCUT2D eigenvalue weighted by Crippen LogP contribution is -2.53. The molecular weight excluding hydrogens is 326 g/mol. The summed E-state index contributed by atoms with van der Waals surface area (Å²) in [6.07, 6.45) is 4.01. The maximum atomic E-state index is 5.56. The zero-order valence-corrected chi connectivity index (χ0v) is 17.7. The molecule has 0 bridgehead atoms. The van der Waals surface area contributed by atoms with Crippen molar-refractivity contribution in [3.63, 3.8) is 0 Å². The molecule has 0 saturated carbocycles. The number of piperidine rings is 1. The van der Waals surface area contributed by atoms with E-state index in [9.17, 15) is 0 Å². The Balaban J connectivity index is 1.87. The van der Waals surface area contributed by atoms with E-state index in [0.29, 0.717) is 12.1 Å². The Morgan fingerprint density at radius 1 is 1.19 bits per heavy atom. The monoisotopic (exact) mass is 367 g/mol. The molecule has 6 heteroatoms. The summed E-state index contributed by atoms with van der Waals surface area (Å²) in [6.45, 7) is 19.0. The van der Waals surface area contributed by atoms with Crippen LogP contribution in [0, 0.1) is 0 Å². The predicted octanol–water partition coefficient (Wildman–Crippen LogP) is 1.92. The van der Waals surface area contributed by atoms with Gasteiger partial charge in [-0.15, -0.1) is 0 Å². The molecule has 0 aromatic rings. The van der Waals surface area contributed by atoms with Gasteiger partial charge in [-0.05, 0) is 60.5 Å². The second-order valence-corrected chi connectivity index (χ2v) is 8.45. The highest BCUT2D eigenvalue weighted by molar-refractivity contribution is 5.79. The van der Waals surface area contributed by atoms with Crippen molar-refractivity contribution < 1.29 is 4.74 Å². The molecular formula is C20H41N5O. The smallest absolute Gasteiger partial charge is 0.191 e. The molecule has 2 aliphatic heterocycles. The van der Waals surface area contributed by atoms with Gasteiger partial charge in [-0.25, -0.2) is 0 Å². The van der Waals surface area contributed by atoms with Crippen LogP contribution in [0.4, 0.5) is 0 Å². The van der Waals surface area contributed by atoms with Crippen LogP contribution in [-0.2, 0) is 4.74 Å². The number of nitrogens with one attached hydrogen (secondary N) is 2. The van der Waals surface area contributed by atoms with Crippen LogP contribution < -0.4 is 10.6 Å². The first kappa shape index (κ1) is 21.5. The van der Waals surface area contributed by atoms with Crippen molar-refractivity contribution in [3.8, 4) is 0 Å². The van der Waals surface area contributed by atoms with Crippen molar-refractivity contribution >= 4 is 5.96 Å². The molecule has 2 rings (SSSR count). The molecule has 0 aromatic heterocycles. The van der Waals surface area contributed by atoms with Gasteiger partial charge < -0.3 is 15.4 Å². The normalized spacial score (nSPS) is 25.1. The van der Waals surface area contributed by atoms with Gasteiger partial charge in [-0.3, -0.25) is 14.8 Å². The van der Waals surface area contributed by atoms with E-state index in [4.69, 9.17) is 9.73 Å². The second-order valence-electron chi connectivity index (χ2n) is 8.45. The zero-order chi connectivity index (χ0) is 19.0. The fraction of sp³-hybridized carbons (Fsp3) is 0.950. The average molecular weight is 368 g/mol. The van der Waals surface area contributed by atoms with Crippen LogP contribution in [0.1, 0.15) is 53.9 Å². The van der Waals surface area contributed by atoms with Gasteiger partial charge in [0.15, 0.2) is 5.96 Å². The molecule has 2 atom stereocenters. The number of likely N-dealkylation sites (tertiary alicyclic amines) is 1. The van der Waals surface area contributed by atoms with Gasteiger partial charge in [0.1, 0.15) is 0 Å². The SMILES string of the molecule is CCNC(=NCC(C)(C)N1CCCCC1)NCC(C)N1CCOCC1C. The summed E-state index contributed by atoms with van der Waals surface area (Å²) in [7, 11) is 0. The van der Waals surface area contributed by atoms with Gasteiger partial charge in [-0.1, -0.05) is 6.42 Å². The van der Waals surface area contributed by atoms with Gasteiger partial charge in [0, 0.05) is 37.3 Å². The number of ether oxygens (including phenoxy) is 1. The summed E-state index contributed by atoms with van der Waals surface area (Å²) in [5, 5.41) is 6.96. The Hall–Kier alpha value is -0.850. The van der Waals surface area contributed by atoms with Crippen molar-refractivity contribution in [2.45, 2.75) is 71.5 Å². The van der Waals surface area contributed by atoms with Crippen molar-refractivity contribution in [1.82, 2.24) is 20.4 Å². The van der Waals surface area contributed by atoms with Crippen LogP contribution in [0.15, 0.2) is 4.99 Å². The van der Waals surface area contributed by atoms with Crippen molar-refractivity contribution in [2.24, 2.45) is 4.99 Å². The van der Waals surface area contributed by atoms with Crippen LogP contribution in [0.2, 0.25) is 0 Å². The molecule has 2 heterocycles. The van der Waals surface area contributed by atoms with Gasteiger partial charge >= 0.3 is 0 Å². The Labute approximate surface area is 160 Å². The minimum atomic E-state index is 0.118. The highest BCUT2D eigenvalue weighted by Crippen LogP contribution is 2.20.